The highest BCUT2D eigenvalue weighted by Gasteiger charge is 2.17. The van der Waals surface area contributed by atoms with E-state index in [4.69, 9.17) is 0 Å². The standard InChI is InChI=1S/C5H11F2NO2S/c1-4(2)8-11(9,10)3-5(6)7/h4-5,8H,3H2,1-2H3. The minimum absolute atomic E-state index is 0.334. The van der Waals surface area contributed by atoms with Crippen molar-refractivity contribution in [1.82, 2.24) is 4.72 Å². The Morgan fingerprint density at radius 3 is 2.09 bits per heavy atom. The smallest absolute Gasteiger partial charge is 0.213 e. The first kappa shape index (κ1) is 10.8. The second-order valence-electron chi connectivity index (χ2n) is 2.45. The SMILES string of the molecule is CC(C)NS(=O)(=O)CC(F)F. The van der Waals surface area contributed by atoms with Gasteiger partial charge in [0.1, 0.15) is 5.75 Å². The van der Waals surface area contributed by atoms with Crippen molar-refractivity contribution in [3.63, 3.8) is 0 Å². The van der Waals surface area contributed by atoms with Crippen molar-refractivity contribution in [3.8, 4) is 0 Å². The Morgan fingerprint density at radius 2 is 1.82 bits per heavy atom. The molecule has 0 aliphatic carbocycles. The Kier molecular flexibility index (Phi) is 3.88. The van der Waals surface area contributed by atoms with Gasteiger partial charge in [0.2, 0.25) is 10.0 Å². The lowest BCUT2D eigenvalue weighted by Crippen LogP contribution is -2.34. The summed E-state index contributed by atoms with van der Waals surface area (Å²) in [5.74, 6) is -1.12. The molecule has 0 rings (SSSR count). The number of nitrogens with one attached hydrogen (secondary N) is 1. The summed E-state index contributed by atoms with van der Waals surface area (Å²) in [5.41, 5.74) is 0. The van der Waals surface area contributed by atoms with E-state index in [0.717, 1.165) is 0 Å². The van der Waals surface area contributed by atoms with Crippen LogP contribution in [0.3, 0.4) is 0 Å². The first-order valence-electron chi connectivity index (χ1n) is 3.11. The molecule has 0 saturated heterocycles. The zero-order valence-electron chi connectivity index (χ0n) is 6.34. The summed E-state index contributed by atoms with van der Waals surface area (Å²) in [6, 6.07) is -0.334. The quantitative estimate of drug-likeness (QED) is 0.699. The van der Waals surface area contributed by atoms with Crippen LogP contribution < -0.4 is 4.72 Å². The molecule has 11 heavy (non-hydrogen) atoms. The summed E-state index contributed by atoms with van der Waals surface area (Å²) in [4.78, 5) is 0. The molecule has 1 N–H and O–H groups in total. The third kappa shape index (κ3) is 6.18. The van der Waals surface area contributed by atoms with Crippen molar-refractivity contribution >= 4 is 10.0 Å². The van der Waals surface area contributed by atoms with E-state index in [-0.39, 0.29) is 6.04 Å². The molecular formula is C5H11F2NO2S. The number of alkyl halides is 2. The number of sulfonamides is 1. The van der Waals surface area contributed by atoms with Crippen LogP contribution in [0, 0.1) is 0 Å². The Balaban J connectivity index is 4.03. The Morgan fingerprint density at radius 1 is 1.36 bits per heavy atom. The van der Waals surface area contributed by atoms with Crippen LogP contribution in [0.5, 0.6) is 0 Å². The fraction of sp³-hybridized carbons (Fsp3) is 1.00. The number of hydrogen-bond donors (Lipinski definition) is 1. The van der Waals surface area contributed by atoms with Crippen LogP contribution in [-0.2, 0) is 10.0 Å². The summed E-state index contributed by atoms with van der Waals surface area (Å²) < 4.78 is 46.5. The lowest BCUT2D eigenvalue weighted by molar-refractivity contribution is 0.174. The van der Waals surface area contributed by atoms with Crippen molar-refractivity contribution in [2.24, 2.45) is 0 Å². The molecule has 0 aromatic heterocycles. The van der Waals surface area contributed by atoms with E-state index in [0.29, 0.717) is 0 Å². The van der Waals surface area contributed by atoms with E-state index in [1.807, 2.05) is 4.72 Å². The van der Waals surface area contributed by atoms with E-state index in [2.05, 4.69) is 0 Å². The van der Waals surface area contributed by atoms with Gasteiger partial charge in [0, 0.05) is 6.04 Å². The summed E-state index contributed by atoms with van der Waals surface area (Å²) >= 11 is 0. The van der Waals surface area contributed by atoms with Crippen LogP contribution in [0.2, 0.25) is 0 Å². The molecule has 0 aromatic rings. The lowest BCUT2D eigenvalue weighted by atomic mass is 10.4. The zero-order chi connectivity index (χ0) is 9.07. The summed E-state index contributed by atoms with van der Waals surface area (Å²) in [7, 11) is -3.78. The fourth-order valence-electron chi connectivity index (χ4n) is 0.573. The third-order valence-electron chi connectivity index (χ3n) is 0.761. The minimum atomic E-state index is -3.78. The van der Waals surface area contributed by atoms with Crippen LogP contribution in [0.1, 0.15) is 13.8 Å². The molecule has 0 atom stereocenters. The second kappa shape index (κ2) is 3.96. The molecule has 0 aliphatic heterocycles. The molecule has 0 saturated carbocycles. The molecule has 0 radical (unpaired) electrons. The summed E-state index contributed by atoms with van der Waals surface area (Å²) in [6.45, 7) is 3.14. The summed E-state index contributed by atoms with van der Waals surface area (Å²) in [5, 5.41) is 0. The maximum atomic E-state index is 11.6. The number of rotatable bonds is 4. The molecule has 0 spiro atoms. The van der Waals surface area contributed by atoms with Crippen molar-refractivity contribution in [2.75, 3.05) is 5.75 Å². The third-order valence-corrected chi connectivity index (χ3v) is 2.28. The van der Waals surface area contributed by atoms with Gasteiger partial charge in [0.25, 0.3) is 6.43 Å². The zero-order valence-corrected chi connectivity index (χ0v) is 7.16. The van der Waals surface area contributed by atoms with Gasteiger partial charge < -0.3 is 0 Å². The predicted molar refractivity (Wildman–Crippen MR) is 38.1 cm³/mol. The van der Waals surface area contributed by atoms with Gasteiger partial charge >= 0.3 is 0 Å². The van der Waals surface area contributed by atoms with Crippen molar-refractivity contribution in [1.29, 1.82) is 0 Å². The fourth-order valence-corrected chi connectivity index (χ4v) is 1.72. The van der Waals surface area contributed by atoms with E-state index in [1.54, 1.807) is 13.8 Å². The molecule has 0 fully saturated rings. The lowest BCUT2D eigenvalue weighted by Gasteiger charge is -2.07. The maximum Gasteiger partial charge on any atom is 0.253 e. The molecule has 3 nitrogen and oxygen atoms in total. The first-order chi connectivity index (χ1) is 4.83. The van der Waals surface area contributed by atoms with Gasteiger partial charge in [0.15, 0.2) is 0 Å². The topological polar surface area (TPSA) is 46.2 Å². The molecule has 6 heteroatoms. The van der Waals surface area contributed by atoms with Crippen LogP contribution >= 0.6 is 0 Å². The van der Waals surface area contributed by atoms with Gasteiger partial charge in [-0.2, -0.15) is 0 Å². The van der Waals surface area contributed by atoms with Gasteiger partial charge in [-0.25, -0.2) is 21.9 Å². The van der Waals surface area contributed by atoms with Gasteiger partial charge in [-0.15, -0.1) is 0 Å². The largest absolute Gasteiger partial charge is 0.253 e. The normalized spacial score (nSPS) is 12.9. The first-order valence-corrected chi connectivity index (χ1v) is 4.77. The molecule has 0 aliphatic rings. The van der Waals surface area contributed by atoms with Crippen LogP contribution in [0.4, 0.5) is 8.78 Å². The van der Waals surface area contributed by atoms with Crippen molar-refractivity contribution in [3.05, 3.63) is 0 Å². The molecule has 68 valence electrons. The van der Waals surface area contributed by atoms with Gasteiger partial charge in [0.05, 0.1) is 0 Å². The monoisotopic (exact) mass is 187 g/mol. The Labute approximate surface area is 64.8 Å². The molecular weight excluding hydrogens is 176 g/mol. The van der Waals surface area contributed by atoms with Crippen LogP contribution in [0.25, 0.3) is 0 Å². The van der Waals surface area contributed by atoms with E-state index in [1.165, 1.54) is 0 Å². The predicted octanol–water partition coefficient (Wildman–Crippen LogP) is 0.579. The van der Waals surface area contributed by atoms with E-state index >= 15 is 0 Å². The van der Waals surface area contributed by atoms with Gasteiger partial charge in [-0.3, -0.25) is 0 Å². The van der Waals surface area contributed by atoms with E-state index in [9.17, 15) is 17.2 Å². The highest BCUT2D eigenvalue weighted by Crippen LogP contribution is 1.97. The Hall–Kier alpha value is -0.230. The highest BCUT2D eigenvalue weighted by atomic mass is 32.2. The molecule has 0 unspecified atom stereocenters. The van der Waals surface area contributed by atoms with Crippen molar-refractivity contribution < 1.29 is 17.2 Å². The maximum absolute atomic E-state index is 11.6. The number of hydrogen-bond acceptors (Lipinski definition) is 2. The van der Waals surface area contributed by atoms with Crippen molar-refractivity contribution in [2.45, 2.75) is 26.3 Å². The molecule has 0 bridgehead atoms. The molecule has 0 amide bonds. The van der Waals surface area contributed by atoms with Gasteiger partial charge in [-0.1, -0.05) is 0 Å². The molecule has 0 aromatic carbocycles. The van der Waals surface area contributed by atoms with E-state index < -0.39 is 22.2 Å². The van der Waals surface area contributed by atoms with Crippen LogP contribution in [0.15, 0.2) is 0 Å². The average molecular weight is 187 g/mol. The summed E-state index contributed by atoms with van der Waals surface area (Å²) in [6.07, 6.45) is -2.81. The minimum Gasteiger partial charge on any atom is -0.213 e. The van der Waals surface area contributed by atoms with Gasteiger partial charge in [-0.05, 0) is 13.8 Å². The van der Waals surface area contributed by atoms with Crippen LogP contribution in [-0.4, -0.2) is 26.6 Å². The number of halogens is 2. The highest BCUT2D eigenvalue weighted by molar-refractivity contribution is 7.89. The Bertz CT molecular complexity index is 185. The second-order valence-corrected chi connectivity index (χ2v) is 4.24. The average Bonchev–Trinajstić information content (AvgIpc) is 1.53. The molecule has 0 heterocycles.